The summed E-state index contributed by atoms with van der Waals surface area (Å²) in [5.74, 6) is -0.142. The normalized spacial score (nSPS) is 14.0. The van der Waals surface area contributed by atoms with Crippen molar-refractivity contribution in [3.8, 4) is 0 Å². The number of aromatic nitrogens is 1. The van der Waals surface area contributed by atoms with E-state index in [2.05, 4.69) is 15.6 Å². The van der Waals surface area contributed by atoms with Gasteiger partial charge in [-0.15, -0.1) is 11.3 Å². The van der Waals surface area contributed by atoms with E-state index in [0.717, 1.165) is 17.5 Å². The van der Waals surface area contributed by atoms with Crippen LogP contribution >= 0.6 is 11.3 Å². The van der Waals surface area contributed by atoms with Crippen molar-refractivity contribution in [2.45, 2.75) is 44.5 Å². The van der Waals surface area contributed by atoms with Gasteiger partial charge in [-0.1, -0.05) is 49.4 Å². The molecule has 1 aromatic heterocycles. The quantitative estimate of drug-likeness (QED) is 0.309. The largest absolute Gasteiger partial charge is 0.387 e. The molecular formula is C23H29N5O2S. The number of carbonyl (C=O) groups is 1. The first-order chi connectivity index (χ1) is 14.9. The molecule has 0 spiro atoms. The van der Waals surface area contributed by atoms with Gasteiger partial charge in [0.15, 0.2) is 5.13 Å². The first kappa shape index (κ1) is 22.9. The van der Waals surface area contributed by atoms with E-state index in [1.165, 1.54) is 11.3 Å². The van der Waals surface area contributed by atoms with Crippen molar-refractivity contribution in [2.75, 3.05) is 11.1 Å². The van der Waals surface area contributed by atoms with Crippen molar-refractivity contribution in [1.82, 2.24) is 10.3 Å². The topological polar surface area (TPSA) is 126 Å². The Morgan fingerprint density at radius 1 is 1.16 bits per heavy atom. The molecule has 3 rings (SSSR count). The number of nitrogens with one attached hydrogen (secondary N) is 2. The minimum Gasteiger partial charge on any atom is -0.387 e. The SMILES string of the molecule is CCC(NC(N)Cc1ccc(NC(=O)Cc2csc(N)n2)cc1)C(O)c1ccccc1. The first-order valence-electron chi connectivity index (χ1n) is 10.3. The van der Waals surface area contributed by atoms with Crippen LogP contribution in [-0.4, -0.2) is 28.2 Å². The van der Waals surface area contributed by atoms with Gasteiger partial charge in [-0.3, -0.25) is 10.1 Å². The number of benzene rings is 2. The van der Waals surface area contributed by atoms with E-state index < -0.39 is 6.10 Å². The fourth-order valence-electron chi connectivity index (χ4n) is 3.40. The highest BCUT2D eigenvalue weighted by atomic mass is 32.1. The van der Waals surface area contributed by atoms with Gasteiger partial charge in [0, 0.05) is 23.5 Å². The van der Waals surface area contributed by atoms with Gasteiger partial charge in [-0.05, 0) is 29.7 Å². The Morgan fingerprint density at radius 2 is 1.87 bits per heavy atom. The van der Waals surface area contributed by atoms with Crippen molar-refractivity contribution in [3.05, 3.63) is 76.8 Å². The van der Waals surface area contributed by atoms with E-state index in [-0.39, 0.29) is 24.5 Å². The number of aliphatic hydroxyl groups excluding tert-OH is 1. The third-order valence-electron chi connectivity index (χ3n) is 4.99. The van der Waals surface area contributed by atoms with Crippen LogP contribution in [0.2, 0.25) is 0 Å². The maximum absolute atomic E-state index is 12.1. The van der Waals surface area contributed by atoms with Gasteiger partial charge in [0.2, 0.25) is 5.91 Å². The zero-order valence-corrected chi connectivity index (χ0v) is 18.3. The summed E-state index contributed by atoms with van der Waals surface area (Å²) in [5, 5.41) is 19.1. The number of aliphatic hydroxyl groups is 1. The lowest BCUT2D eigenvalue weighted by molar-refractivity contribution is -0.115. The summed E-state index contributed by atoms with van der Waals surface area (Å²) in [6, 6.07) is 17.0. The lowest BCUT2D eigenvalue weighted by Gasteiger charge is -2.27. The van der Waals surface area contributed by atoms with Crippen LogP contribution in [0.3, 0.4) is 0 Å². The van der Waals surface area contributed by atoms with Crippen molar-refractivity contribution in [3.63, 3.8) is 0 Å². The van der Waals surface area contributed by atoms with E-state index in [9.17, 15) is 9.90 Å². The Balaban J connectivity index is 1.50. The molecule has 2 aromatic carbocycles. The summed E-state index contributed by atoms with van der Waals surface area (Å²) in [5.41, 5.74) is 15.2. The number of nitrogens with zero attached hydrogens (tertiary/aromatic N) is 1. The van der Waals surface area contributed by atoms with Gasteiger partial charge in [-0.25, -0.2) is 4.98 Å². The molecule has 0 bridgehead atoms. The van der Waals surface area contributed by atoms with Crippen molar-refractivity contribution in [2.24, 2.45) is 5.73 Å². The molecule has 164 valence electrons. The highest BCUT2D eigenvalue weighted by Crippen LogP contribution is 2.19. The molecule has 0 fully saturated rings. The van der Waals surface area contributed by atoms with Crippen LogP contribution < -0.4 is 22.1 Å². The van der Waals surface area contributed by atoms with Gasteiger partial charge in [0.25, 0.3) is 0 Å². The molecule has 0 aliphatic rings. The Bertz CT molecular complexity index is 962. The number of nitrogen functional groups attached to an aromatic ring is 1. The summed E-state index contributed by atoms with van der Waals surface area (Å²) in [4.78, 5) is 16.2. The molecule has 3 atom stereocenters. The van der Waals surface area contributed by atoms with Crippen molar-refractivity contribution in [1.29, 1.82) is 0 Å². The minimum absolute atomic E-state index is 0.142. The molecule has 0 radical (unpaired) electrons. The third-order valence-corrected chi connectivity index (χ3v) is 5.72. The number of anilines is 2. The highest BCUT2D eigenvalue weighted by Gasteiger charge is 2.21. The van der Waals surface area contributed by atoms with E-state index in [0.29, 0.717) is 22.9 Å². The van der Waals surface area contributed by atoms with Gasteiger partial charge in [-0.2, -0.15) is 0 Å². The molecule has 1 amide bonds. The maximum Gasteiger partial charge on any atom is 0.230 e. The zero-order valence-electron chi connectivity index (χ0n) is 17.5. The number of amides is 1. The molecule has 0 saturated heterocycles. The van der Waals surface area contributed by atoms with E-state index in [1.807, 2.05) is 61.5 Å². The number of hydrogen-bond acceptors (Lipinski definition) is 7. The van der Waals surface area contributed by atoms with Gasteiger partial charge in [0.05, 0.1) is 24.4 Å². The Kier molecular flexibility index (Phi) is 8.13. The van der Waals surface area contributed by atoms with Gasteiger partial charge >= 0.3 is 0 Å². The lowest BCUT2D eigenvalue weighted by atomic mass is 9.99. The second-order valence-electron chi connectivity index (χ2n) is 7.45. The fraction of sp³-hybridized carbons (Fsp3) is 0.304. The summed E-state index contributed by atoms with van der Waals surface area (Å²) in [6.07, 6.45) is 0.609. The zero-order chi connectivity index (χ0) is 22.2. The number of thiazole rings is 1. The Labute approximate surface area is 186 Å². The monoisotopic (exact) mass is 439 g/mol. The Morgan fingerprint density at radius 3 is 2.48 bits per heavy atom. The summed E-state index contributed by atoms with van der Waals surface area (Å²) in [6.45, 7) is 2.02. The van der Waals surface area contributed by atoms with Crippen LogP contribution in [0.4, 0.5) is 10.8 Å². The van der Waals surface area contributed by atoms with Crippen LogP contribution in [0.15, 0.2) is 60.0 Å². The predicted molar refractivity (Wildman–Crippen MR) is 126 cm³/mol. The molecule has 8 heteroatoms. The van der Waals surface area contributed by atoms with Crippen LogP contribution in [-0.2, 0) is 17.6 Å². The van der Waals surface area contributed by atoms with Crippen molar-refractivity contribution < 1.29 is 9.90 Å². The van der Waals surface area contributed by atoms with Crippen LogP contribution in [0.5, 0.6) is 0 Å². The second-order valence-corrected chi connectivity index (χ2v) is 8.34. The van der Waals surface area contributed by atoms with Gasteiger partial charge < -0.3 is 21.9 Å². The van der Waals surface area contributed by atoms with E-state index >= 15 is 0 Å². The fourth-order valence-corrected chi connectivity index (χ4v) is 3.96. The summed E-state index contributed by atoms with van der Waals surface area (Å²) < 4.78 is 0. The minimum atomic E-state index is -0.622. The molecular weight excluding hydrogens is 410 g/mol. The van der Waals surface area contributed by atoms with Crippen molar-refractivity contribution >= 4 is 28.1 Å². The molecule has 7 N–H and O–H groups in total. The number of hydrogen-bond donors (Lipinski definition) is 5. The molecule has 31 heavy (non-hydrogen) atoms. The highest BCUT2D eigenvalue weighted by molar-refractivity contribution is 7.13. The molecule has 0 aliphatic heterocycles. The summed E-state index contributed by atoms with van der Waals surface area (Å²) in [7, 11) is 0. The van der Waals surface area contributed by atoms with Gasteiger partial charge in [0.1, 0.15) is 0 Å². The lowest BCUT2D eigenvalue weighted by Crippen LogP contribution is -2.47. The molecule has 3 unspecified atom stereocenters. The summed E-state index contributed by atoms with van der Waals surface area (Å²) >= 11 is 1.32. The number of carbonyl (C=O) groups excluding carboxylic acids is 1. The molecule has 3 aromatic rings. The van der Waals surface area contributed by atoms with E-state index in [4.69, 9.17) is 11.5 Å². The van der Waals surface area contributed by atoms with Crippen LogP contribution in [0.25, 0.3) is 0 Å². The third kappa shape index (κ3) is 6.86. The molecule has 1 heterocycles. The molecule has 7 nitrogen and oxygen atoms in total. The maximum atomic E-state index is 12.1. The smallest absolute Gasteiger partial charge is 0.230 e. The Hall–Kier alpha value is -2.78. The average molecular weight is 440 g/mol. The first-order valence-corrected chi connectivity index (χ1v) is 11.2. The van der Waals surface area contributed by atoms with Crippen LogP contribution in [0.1, 0.15) is 36.3 Å². The molecule has 0 saturated carbocycles. The average Bonchev–Trinajstić information content (AvgIpc) is 3.17. The number of rotatable bonds is 10. The standard InChI is InChI=1S/C23H29N5O2S/c1-2-19(22(30)16-6-4-3-5-7-16)28-20(24)12-15-8-10-17(11-9-15)26-21(29)13-18-14-31-23(25)27-18/h3-11,14,19-20,22,28,30H,2,12-13,24H2,1H3,(H2,25,27)(H,26,29). The molecule has 0 aliphatic carbocycles. The predicted octanol–water partition coefficient (Wildman–Crippen LogP) is 2.84. The van der Waals surface area contributed by atoms with Crippen LogP contribution in [0, 0.1) is 0 Å². The second kappa shape index (κ2) is 11.0. The number of nitrogens with two attached hydrogens (primary N) is 2. The van der Waals surface area contributed by atoms with E-state index in [1.54, 1.807) is 5.38 Å².